The van der Waals surface area contributed by atoms with Gasteiger partial charge in [0, 0.05) is 12.7 Å². The number of rotatable bonds is 6. The van der Waals surface area contributed by atoms with Crippen LogP contribution in [0.25, 0.3) is 10.7 Å². The highest BCUT2D eigenvalue weighted by Crippen LogP contribution is 2.26. The van der Waals surface area contributed by atoms with Crippen LogP contribution in [0.5, 0.6) is 5.75 Å². The molecule has 0 aliphatic carbocycles. The molecule has 0 aliphatic heterocycles. The first-order chi connectivity index (χ1) is 12.5. The van der Waals surface area contributed by atoms with Crippen molar-refractivity contribution in [1.82, 2.24) is 15.3 Å². The molecule has 3 aromatic rings. The van der Waals surface area contributed by atoms with E-state index < -0.39 is 6.61 Å². The Balaban J connectivity index is 1.64. The van der Waals surface area contributed by atoms with Gasteiger partial charge in [0.15, 0.2) is 0 Å². The minimum Gasteiger partial charge on any atom is -0.435 e. The molecule has 3 rings (SSSR count). The molecular weight excluding hydrogens is 360 g/mol. The number of pyridine rings is 1. The van der Waals surface area contributed by atoms with E-state index in [2.05, 4.69) is 20.0 Å². The Bertz CT molecular complexity index is 883. The topological polar surface area (TPSA) is 64.1 Å². The maximum absolute atomic E-state index is 12.4. The van der Waals surface area contributed by atoms with Gasteiger partial charge in [0.1, 0.15) is 15.6 Å². The first-order valence-corrected chi connectivity index (χ1v) is 8.55. The van der Waals surface area contributed by atoms with E-state index in [1.807, 2.05) is 18.2 Å². The molecule has 8 heteroatoms. The summed E-state index contributed by atoms with van der Waals surface area (Å²) in [5.41, 5.74) is 2.12. The highest BCUT2D eigenvalue weighted by molar-refractivity contribution is 7.17. The lowest BCUT2D eigenvalue weighted by Gasteiger charge is -2.07. The van der Waals surface area contributed by atoms with Gasteiger partial charge in [-0.05, 0) is 36.8 Å². The SMILES string of the molecule is Cc1nc(-c2ccccn2)sc1C(=O)NCc1ccc(OC(F)F)cc1. The Morgan fingerprint density at radius 3 is 2.65 bits per heavy atom. The summed E-state index contributed by atoms with van der Waals surface area (Å²) in [6.07, 6.45) is 1.67. The number of aryl methyl sites for hydroxylation is 1. The van der Waals surface area contributed by atoms with Crippen LogP contribution in [-0.2, 0) is 6.54 Å². The Hall–Kier alpha value is -2.87. The minimum atomic E-state index is -2.86. The van der Waals surface area contributed by atoms with Gasteiger partial charge in [-0.15, -0.1) is 11.3 Å². The molecule has 26 heavy (non-hydrogen) atoms. The van der Waals surface area contributed by atoms with Crippen molar-refractivity contribution in [3.05, 3.63) is 64.8 Å². The predicted molar refractivity (Wildman–Crippen MR) is 94.3 cm³/mol. The van der Waals surface area contributed by atoms with Gasteiger partial charge in [0.25, 0.3) is 5.91 Å². The van der Waals surface area contributed by atoms with Gasteiger partial charge in [0.05, 0.1) is 11.4 Å². The van der Waals surface area contributed by atoms with Crippen molar-refractivity contribution in [2.45, 2.75) is 20.1 Å². The van der Waals surface area contributed by atoms with E-state index in [4.69, 9.17) is 0 Å². The summed E-state index contributed by atoms with van der Waals surface area (Å²) in [6.45, 7) is -0.818. The summed E-state index contributed by atoms with van der Waals surface area (Å²) >= 11 is 1.28. The molecule has 0 aliphatic rings. The van der Waals surface area contributed by atoms with E-state index in [0.717, 1.165) is 5.56 Å². The van der Waals surface area contributed by atoms with Gasteiger partial charge in [-0.2, -0.15) is 8.78 Å². The normalized spacial score (nSPS) is 10.8. The standard InChI is InChI=1S/C18H15F2N3O2S/c1-11-15(26-17(23-11)14-4-2-3-9-21-14)16(24)22-10-12-5-7-13(8-6-12)25-18(19)20/h2-9,18H,10H2,1H3,(H,22,24). The average molecular weight is 375 g/mol. The molecule has 0 fully saturated rings. The molecular formula is C18H15F2N3O2S. The molecule has 2 aromatic heterocycles. The monoisotopic (exact) mass is 375 g/mol. The summed E-state index contributed by atoms with van der Waals surface area (Å²) in [5, 5.41) is 3.49. The molecule has 1 amide bonds. The third-order valence-electron chi connectivity index (χ3n) is 3.49. The number of thiazole rings is 1. The first-order valence-electron chi connectivity index (χ1n) is 7.73. The van der Waals surface area contributed by atoms with E-state index >= 15 is 0 Å². The lowest BCUT2D eigenvalue weighted by molar-refractivity contribution is -0.0498. The number of nitrogens with one attached hydrogen (secondary N) is 1. The van der Waals surface area contributed by atoms with Crippen LogP contribution in [0.2, 0.25) is 0 Å². The van der Waals surface area contributed by atoms with E-state index in [1.165, 1.54) is 23.5 Å². The largest absolute Gasteiger partial charge is 0.435 e. The van der Waals surface area contributed by atoms with Crippen molar-refractivity contribution in [2.24, 2.45) is 0 Å². The van der Waals surface area contributed by atoms with Gasteiger partial charge in [-0.1, -0.05) is 18.2 Å². The maximum Gasteiger partial charge on any atom is 0.387 e. The fourth-order valence-corrected chi connectivity index (χ4v) is 3.22. The molecule has 0 atom stereocenters. The summed E-state index contributed by atoms with van der Waals surface area (Å²) in [7, 11) is 0. The fourth-order valence-electron chi connectivity index (χ4n) is 2.26. The lowest BCUT2D eigenvalue weighted by Crippen LogP contribution is -2.22. The second-order valence-corrected chi connectivity index (χ2v) is 6.35. The molecule has 0 saturated heterocycles. The molecule has 134 valence electrons. The third-order valence-corrected chi connectivity index (χ3v) is 4.67. The summed E-state index contributed by atoms with van der Waals surface area (Å²) in [6, 6.07) is 11.6. The quantitative estimate of drug-likeness (QED) is 0.706. The van der Waals surface area contributed by atoms with Crippen LogP contribution in [0, 0.1) is 6.92 Å². The van der Waals surface area contributed by atoms with Gasteiger partial charge >= 0.3 is 6.61 Å². The number of nitrogens with zero attached hydrogens (tertiary/aromatic N) is 2. The number of aromatic nitrogens is 2. The average Bonchev–Trinajstić information content (AvgIpc) is 3.03. The van der Waals surface area contributed by atoms with Gasteiger partial charge < -0.3 is 10.1 Å². The van der Waals surface area contributed by atoms with Crippen molar-refractivity contribution in [1.29, 1.82) is 0 Å². The molecule has 1 N–H and O–H groups in total. The number of amides is 1. The summed E-state index contributed by atoms with van der Waals surface area (Å²) in [5.74, 6) is -0.163. The molecule has 5 nitrogen and oxygen atoms in total. The van der Waals surface area contributed by atoms with Crippen LogP contribution in [0.1, 0.15) is 20.9 Å². The molecule has 2 heterocycles. The minimum absolute atomic E-state index is 0.0772. The molecule has 0 radical (unpaired) electrons. The number of halogens is 2. The molecule has 0 spiro atoms. The Morgan fingerprint density at radius 1 is 1.23 bits per heavy atom. The number of carbonyl (C=O) groups is 1. The van der Waals surface area contributed by atoms with Gasteiger partial charge in [-0.25, -0.2) is 4.98 Å². The highest BCUT2D eigenvalue weighted by Gasteiger charge is 2.16. The van der Waals surface area contributed by atoms with E-state index in [-0.39, 0.29) is 18.2 Å². The zero-order valence-electron chi connectivity index (χ0n) is 13.8. The zero-order chi connectivity index (χ0) is 18.5. The predicted octanol–water partition coefficient (Wildman–Crippen LogP) is 4.04. The number of hydrogen-bond acceptors (Lipinski definition) is 5. The zero-order valence-corrected chi connectivity index (χ0v) is 14.6. The second kappa shape index (κ2) is 8.01. The van der Waals surface area contributed by atoms with Gasteiger partial charge in [0.2, 0.25) is 0 Å². The van der Waals surface area contributed by atoms with Crippen molar-refractivity contribution >= 4 is 17.2 Å². The fraction of sp³-hybridized carbons (Fsp3) is 0.167. The number of carbonyl (C=O) groups excluding carboxylic acids is 1. The summed E-state index contributed by atoms with van der Waals surface area (Å²) in [4.78, 5) is 21.6. The van der Waals surface area contributed by atoms with E-state index in [9.17, 15) is 13.6 Å². The van der Waals surface area contributed by atoms with Crippen LogP contribution in [0.3, 0.4) is 0 Å². The number of hydrogen-bond donors (Lipinski definition) is 1. The molecule has 0 saturated carbocycles. The van der Waals surface area contributed by atoms with E-state index in [0.29, 0.717) is 21.3 Å². The molecule has 1 aromatic carbocycles. The Morgan fingerprint density at radius 2 is 2.00 bits per heavy atom. The lowest BCUT2D eigenvalue weighted by atomic mass is 10.2. The van der Waals surface area contributed by atoms with Crippen molar-refractivity contribution in [2.75, 3.05) is 0 Å². The van der Waals surface area contributed by atoms with Crippen molar-refractivity contribution in [3.63, 3.8) is 0 Å². The third kappa shape index (κ3) is 4.40. The first kappa shape index (κ1) is 17.9. The second-order valence-electron chi connectivity index (χ2n) is 5.35. The highest BCUT2D eigenvalue weighted by atomic mass is 32.1. The molecule has 0 unspecified atom stereocenters. The van der Waals surface area contributed by atoms with E-state index in [1.54, 1.807) is 25.3 Å². The number of benzene rings is 1. The Labute approximate surface area is 152 Å². The smallest absolute Gasteiger partial charge is 0.387 e. The maximum atomic E-state index is 12.4. The van der Waals surface area contributed by atoms with Crippen molar-refractivity contribution < 1.29 is 18.3 Å². The Kier molecular flexibility index (Phi) is 5.52. The van der Waals surface area contributed by atoms with Crippen LogP contribution < -0.4 is 10.1 Å². The number of alkyl halides is 2. The van der Waals surface area contributed by atoms with Crippen LogP contribution in [0.4, 0.5) is 8.78 Å². The van der Waals surface area contributed by atoms with Crippen LogP contribution in [0.15, 0.2) is 48.7 Å². The molecule has 0 bridgehead atoms. The van der Waals surface area contributed by atoms with Gasteiger partial charge in [-0.3, -0.25) is 9.78 Å². The number of ether oxygens (including phenoxy) is 1. The van der Waals surface area contributed by atoms with Crippen LogP contribution >= 0.6 is 11.3 Å². The van der Waals surface area contributed by atoms with Crippen LogP contribution in [-0.4, -0.2) is 22.5 Å². The summed E-state index contributed by atoms with van der Waals surface area (Å²) < 4.78 is 28.6. The van der Waals surface area contributed by atoms with Crippen molar-refractivity contribution in [3.8, 4) is 16.5 Å².